The van der Waals surface area contributed by atoms with Crippen LogP contribution in [0.4, 0.5) is 8.78 Å². The average molecular weight is 499 g/mol. The summed E-state index contributed by atoms with van der Waals surface area (Å²) in [5.74, 6) is -0.968. The molecule has 2 aromatic carbocycles. The highest BCUT2D eigenvalue weighted by Gasteiger charge is 2.34. The van der Waals surface area contributed by atoms with Gasteiger partial charge in [-0.05, 0) is 59.7 Å². The van der Waals surface area contributed by atoms with E-state index in [1.165, 1.54) is 40.1 Å². The Morgan fingerprint density at radius 1 is 1.11 bits per heavy atom. The summed E-state index contributed by atoms with van der Waals surface area (Å²) in [4.78, 5) is 31.1. The van der Waals surface area contributed by atoms with Gasteiger partial charge in [0.15, 0.2) is 0 Å². The summed E-state index contributed by atoms with van der Waals surface area (Å²) < 4.78 is 33.2. The zero-order valence-corrected chi connectivity index (χ0v) is 20.6. The number of benzene rings is 2. The van der Waals surface area contributed by atoms with E-state index in [4.69, 9.17) is 4.74 Å². The van der Waals surface area contributed by atoms with Crippen LogP contribution in [0, 0.1) is 17.6 Å². The molecular formula is C27H28F2N2O3S. The van der Waals surface area contributed by atoms with Crippen molar-refractivity contribution in [3.8, 4) is 5.75 Å². The van der Waals surface area contributed by atoms with Crippen molar-refractivity contribution in [2.45, 2.75) is 26.3 Å². The van der Waals surface area contributed by atoms with Crippen LogP contribution in [0.2, 0.25) is 0 Å². The predicted molar refractivity (Wildman–Crippen MR) is 132 cm³/mol. The molecule has 2 heterocycles. The van der Waals surface area contributed by atoms with Crippen LogP contribution >= 0.6 is 11.3 Å². The maximum atomic E-state index is 13.7. The highest BCUT2D eigenvalue weighted by molar-refractivity contribution is 7.10. The molecule has 1 atom stereocenters. The molecule has 8 heteroatoms. The Balaban J connectivity index is 1.54. The van der Waals surface area contributed by atoms with Gasteiger partial charge in [-0.1, -0.05) is 26.0 Å². The van der Waals surface area contributed by atoms with Gasteiger partial charge < -0.3 is 14.5 Å². The molecule has 0 saturated carbocycles. The molecule has 35 heavy (non-hydrogen) atoms. The fourth-order valence-corrected chi connectivity index (χ4v) is 5.25. The average Bonchev–Trinajstić information content (AvgIpc) is 3.30. The summed E-state index contributed by atoms with van der Waals surface area (Å²) >= 11 is 1.64. The van der Waals surface area contributed by atoms with E-state index in [-0.39, 0.29) is 42.5 Å². The van der Waals surface area contributed by atoms with Crippen molar-refractivity contribution in [3.63, 3.8) is 0 Å². The van der Waals surface area contributed by atoms with Gasteiger partial charge in [-0.3, -0.25) is 9.59 Å². The highest BCUT2D eigenvalue weighted by Crippen LogP contribution is 2.34. The first-order valence-corrected chi connectivity index (χ1v) is 12.5. The normalized spacial score (nSPS) is 15.1. The maximum Gasteiger partial charge on any atom is 0.254 e. The minimum Gasteiger partial charge on any atom is -0.491 e. The Labute approximate surface area is 207 Å². The number of amides is 2. The van der Waals surface area contributed by atoms with Crippen LogP contribution in [0.1, 0.15) is 40.7 Å². The predicted octanol–water partition coefficient (Wildman–Crippen LogP) is 5.33. The Morgan fingerprint density at radius 2 is 1.86 bits per heavy atom. The van der Waals surface area contributed by atoms with Crippen LogP contribution in [0.5, 0.6) is 5.75 Å². The molecule has 4 rings (SSSR count). The zero-order chi connectivity index (χ0) is 24.9. The Bertz CT molecular complexity index is 1200. The standard InChI is InChI=1S/C27H28F2N2O3S/c1-18(2)15-30(27(33)19-5-3-6-20(28)13-19)16-26(32)31-11-9-25-23(10-12-35-25)24(31)17-34-22-8-4-7-21(29)14-22/h3-8,10,12-14,18,24H,9,11,15-17H2,1-2H3. The summed E-state index contributed by atoms with van der Waals surface area (Å²) in [5, 5.41) is 1.99. The first-order chi connectivity index (χ1) is 16.8. The molecule has 1 unspecified atom stereocenters. The van der Waals surface area contributed by atoms with Crippen LogP contribution in [0.15, 0.2) is 60.0 Å². The molecule has 0 aliphatic carbocycles. The number of halogens is 2. The minimum atomic E-state index is -0.498. The van der Waals surface area contributed by atoms with Crippen molar-refractivity contribution in [1.82, 2.24) is 9.80 Å². The van der Waals surface area contributed by atoms with Crippen LogP contribution in [-0.4, -0.2) is 47.9 Å². The molecule has 0 bridgehead atoms. The van der Waals surface area contributed by atoms with Gasteiger partial charge in [0.25, 0.3) is 5.91 Å². The first-order valence-electron chi connectivity index (χ1n) is 11.6. The number of rotatable bonds is 8. The number of hydrogen-bond donors (Lipinski definition) is 0. The van der Waals surface area contributed by atoms with Crippen LogP contribution in [0.3, 0.4) is 0 Å². The highest BCUT2D eigenvalue weighted by atomic mass is 32.1. The van der Waals surface area contributed by atoms with E-state index in [2.05, 4.69) is 0 Å². The van der Waals surface area contributed by atoms with Crippen molar-refractivity contribution in [2.24, 2.45) is 5.92 Å². The summed E-state index contributed by atoms with van der Waals surface area (Å²) in [6.07, 6.45) is 0.719. The quantitative estimate of drug-likeness (QED) is 0.422. The second kappa shape index (κ2) is 11.0. The molecule has 0 N–H and O–H groups in total. The molecule has 1 aliphatic heterocycles. The summed E-state index contributed by atoms with van der Waals surface area (Å²) in [6, 6.07) is 13.1. The molecule has 0 spiro atoms. The van der Waals surface area contributed by atoms with Crippen LogP contribution in [0.25, 0.3) is 0 Å². The molecule has 5 nitrogen and oxygen atoms in total. The molecule has 0 radical (unpaired) electrons. The Kier molecular flexibility index (Phi) is 7.80. The van der Waals surface area contributed by atoms with Gasteiger partial charge in [0.1, 0.15) is 30.5 Å². The summed E-state index contributed by atoms with van der Waals surface area (Å²) in [7, 11) is 0. The molecule has 0 fully saturated rings. The van der Waals surface area contributed by atoms with E-state index in [0.717, 1.165) is 12.0 Å². The van der Waals surface area contributed by atoms with Gasteiger partial charge in [0, 0.05) is 29.6 Å². The van der Waals surface area contributed by atoms with Gasteiger partial charge in [0.05, 0.1) is 6.04 Å². The van der Waals surface area contributed by atoms with Gasteiger partial charge in [0.2, 0.25) is 5.91 Å². The van der Waals surface area contributed by atoms with E-state index in [1.54, 1.807) is 34.4 Å². The van der Waals surface area contributed by atoms with Crippen molar-refractivity contribution in [3.05, 3.63) is 87.6 Å². The second-order valence-corrected chi connectivity index (χ2v) is 10.0. The third kappa shape index (κ3) is 6.06. The van der Waals surface area contributed by atoms with Gasteiger partial charge in [-0.2, -0.15) is 0 Å². The first kappa shape index (κ1) is 24.9. The molecule has 2 amide bonds. The lowest BCUT2D eigenvalue weighted by molar-refractivity contribution is -0.135. The number of thiophene rings is 1. The smallest absolute Gasteiger partial charge is 0.254 e. The second-order valence-electron chi connectivity index (χ2n) is 9.01. The summed E-state index contributed by atoms with van der Waals surface area (Å²) in [5.41, 5.74) is 1.22. The molecule has 3 aromatic rings. The summed E-state index contributed by atoms with van der Waals surface area (Å²) in [6.45, 7) is 4.83. The molecule has 184 valence electrons. The van der Waals surface area contributed by atoms with Crippen LogP contribution in [-0.2, 0) is 11.2 Å². The lowest BCUT2D eigenvalue weighted by Crippen LogP contribution is -2.48. The number of carbonyl (C=O) groups is 2. The molecule has 0 saturated heterocycles. The van der Waals surface area contributed by atoms with E-state index < -0.39 is 11.6 Å². The Morgan fingerprint density at radius 3 is 2.57 bits per heavy atom. The van der Waals surface area contributed by atoms with Gasteiger partial charge >= 0.3 is 0 Å². The number of carbonyl (C=O) groups excluding carboxylic acids is 2. The van der Waals surface area contributed by atoms with E-state index >= 15 is 0 Å². The van der Waals surface area contributed by atoms with Gasteiger partial charge in [-0.25, -0.2) is 8.78 Å². The van der Waals surface area contributed by atoms with E-state index in [0.29, 0.717) is 18.8 Å². The lowest BCUT2D eigenvalue weighted by Gasteiger charge is -2.37. The molecule has 1 aliphatic rings. The van der Waals surface area contributed by atoms with Crippen molar-refractivity contribution in [1.29, 1.82) is 0 Å². The molecular weight excluding hydrogens is 470 g/mol. The Hall–Kier alpha value is -3.26. The van der Waals surface area contributed by atoms with Crippen LogP contribution < -0.4 is 4.74 Å². The minimum absolute atomic E-state index is 0.122. The van der Waals surface area contributed by atoms with Crippen molar-refractivity contribution >= 4 is 23.2 Å². The number of fused-ring (bicyclic) bond motifs is 1. The topological polar surface area (TPSA) is 49.9 Å². The fourth-order valence-electron chi connectivity index (χ4n) is 4.32. The van der Waals surface area contributed by atoms with E-state index in [1.807, 2.05) is 25.3 Å². The SMILES string of the molecule is CC(C)CN(CC(=O)N1CCc2sccc2C1COc1cccc(F)c1)C(=O)c1cccc(F)c1. The zero-order valence-electron chi connectivity index (χ0n) is 19.7. The third-order valence-corrected chi connectivity index (χ3v) is 6.89. The van der Waals surface area contributed by atoms with Crippen molar-refractivity contribution < 1.29 is 23.1 Å². The monoisotopic (exact) mass is 498 g/mol. The number of hydrogen-bond acceptors (Lipinski definition) is 4. The fraction of sp³-hybridized carbons (Fsp3) is 0.333. The van der Waals surface area contributed by atoms with E-state index in [9.17, 15) is 18.4 Å². The molecule has 1 aromatic heterocycles. The van der Waals surface area contributed by atoms with Crippen molar-refractivity contribution in [2.75, 3.05) is 26.2 Å². The largest absolute Gasteiger partial charge is 0.491 e. The number of ether oxygens (including phenoxy) is 1. The third-order valence-electron chi connectivity index (χ3n) is 5.89. The maximum absolute atomic E-state index is 13.7. The van der Waals surface area contributed by atoms with Gasteiger partial charge in [-0.15, -0.1) is 11.3 Å². The number of nitrogens with zero attached hydrogens (tertiary/aromatic N) is 2. The lowest BCUT2D eigenvalue weighted by atomic mass is 10.00.